The van der Waals surface area contributed by atoms with Crippen LogP contribution in [0.25, 0.3) is 0 Å². The van der Waals surface area contributed by atoms with Crippen LogP contribution in [0.3, 0.4) is 0 Å². The predicted octanol–water partition coefficient (Wildman–Crippen LogP) is 2.78. The van der Waals surface area contributed by atoms with Gasteiger partial charge in [-0.15, -0.1) is 11.3 Å². The van der Waals surface area contributed by atoms with Gasteiger partial charge >= 0.3 is 0 Å². The molecule has 2 unspecified atom stereocenters. The Hall–Kier alpha value is -0.450. The van der Waals surface area contributed by atoms with Gasteiger partial charge in [-0.25, -0.2) is 4.98 Å². The standard InChI is InChI=1S/C13H22N2OS/c1-11-4-3-5-13(10-11,15-6-8-16-2)12-14-7-9-17-12/h7,9,11,15H,3-6,8,10H2,1-2H3. The fourth-order valence-electron chi connectivity index (χ4n) is 2.83. The second-order valence-corrected chi connectivity index (χ2v) is 5.94. The second kappa shape index (κ2) is 5.94. The second-order valence-electron chi connectivity index (χ2n) is 5.04. The fraction of sp³-hybridized carbons (Fsp3) is 0.769. The van der Waals surface area contributed by atoms with Crippen LogP contribution in [0.5, 0.6) is 0 Å². The van der Waals surface area contributed by atoms with E-state index in [1.165, 1.54) is 30.7 Å². The highest BCUT2D eigenvalue weighted by Crippen LogP contribution is 2.40. The van der Waals surface area contributed by atoms with Gasteiger partial charge in [0.15, 0.2) is 0 Å². The lowest BCUT2D eigenvalue weighted by Gasteiger charge is -2.39. The van der Waals surface area contributed by atoms with Crippen molar-refractivity contribution in [1.29, 1.82) is 0 Å². The van der Waals surface area contributed by atoms with Crippen LogP contribution in [0.15, 0.2) is 11.6 Å². The van der Waals surface area contributed by atoms with Crippen molar-refractivity contribution in [2.24, 2.45) is 5.92 Å². The summed E-state index contributed by atoms with van der Waals surface area (Å²) >= 11 is 1.77. The van der Waals surface area contributed by atoms with Crippen LogP contribution in [-0.4, -0.2) is 25.2 Å². The Morgan fingerprint density at radius 3 is 3.18 bits per heavy atom. The molecule has 2 rings (SSSR count). The van der Waals surface area contributed by atoms with Gasteiger partial charge in [-0.05, 0) is 18.8 Å². The van der Waals surface area contributed by atoms with E-state index in [1.807, 2.05) is 6.20 Å². The maximum absolute atomic E-state index is 5.14. The van der Waals surface area contributed by atoms with Crippen molar-refractivity contribution in [3.05, 3.63) is 16.6 Å². The normalized spacial score (nSPS) is 29.4. The first-order chi connectivity index (χ1) is 8.27. The molecule has 1 aliphatic rings. The Morgan fingerprint density at radius 2 is 2.53 bits per heavy atom. The number of nitrogens with zero attached hydrogens (tertiary/aromatic N) is 1. The van der Waals surface area contributed by atoms with E-state index in [4.69, 9.17) is 4.74 Å². The van der Waals surface area contributed by atoms with E-state index in [2.05, 4.69) is 22.6 Å². The third kappa shape index (κ3) is 3.06. The largest absolute Gasteiger partial charge is 0.383 e. The zero-order valence-corrected chi connectivity index (χ0v) is 11.6. The van der Waals surface area contributed by atoms with Crippen LogP contribution in [0.1, 0.15) is 37.6 Å². The molecule has 3 nitrogen and oxygen atoms in total. The quantitative estimate of drug-likeness (QED) is 0.820. The number of hydrogen-bond acceptors (Lipinski definition) is 4. The Kier molecular flexibility index (Phi) is 4.54. The molecule has 0 saturated heterocycles. The van der Waals surface area contributed by atoms with Gasteiger partial charge in [0.2, 0.25) is 0 Å². The van der Waals surface area contributed by atoms with Gasteiger partial charge < -0.3 is 10.1 Å². The molecule has 0 aromatic carbocycles. The molecule has 1 heterocycles. The van der Waals surface area contributed by atoms with Crippen molar-refractivity contribution in [2.75, 3.05) is 20.3 Å². The molecule has 0 radical (unpaired) electrons. The molecule has 17 heavy (non-hydrogen) atoms. The van der Waals surface area contributed by atoms with E-state index >= 15 is 0 Å². The van der Waals surface area contributed by atoms with Gasteiger partial charge in [0, 0.05) is 25.2 Å². The average molecular weight is 254 g/mol. The summed E-state index contributed by atoms with van der Waals surface area (Å²) in [7, 11) is 1.75. The van der Waals surface area contributed by atoms with E-state index < -0.39 is 0 Å². The maximum Gasteiger partial charge on any atom is 0.113 e. The van der Waals surface area contributed by atoms with Crippen LogP contribution in [-0.2, 0) is 10.3 Å². The number of hydrogen-bond donors (Lipinski definition) is 1. The minimum Gasteiger partial charge on any atom is -0.383 e. The Labute approximate surface area is 108 Å². The van der Waals surface area contributed by atoms with E-state index in [9.17, 15) is 0 Å². The van der Waals surface area contributed by atoms with Crippen molar-refractivity contribution in [1.82, 2.24) is 10.3 Å². The number of nitrogens with one attached hydrogen (secondary N) is 1. The molecule has 1 aromatic heterocycles. The molecule has 96 valence electrons. The molecule has 1 saturated carbocycles. The summed E-state index contributed by atoms with van der Waals surface area (Å²) < 4.78 is 5.14. The van der Waals surface area contributed by atoms with Crippen molar-refractivity contribution < 1.29 is 4.74 Å². The topological polar surface area (TPSA) is 34.1 Å². The molecule has 0 aliphatic heterocycles. The first kappa shape index (κ1) is 13.0. The monoisotopic (exact) mass is 254 g/mol. The van der Waals surface area contributed by atoms with Gasteiger partial charge in [0.05, 0.1) is 12.1 Å². The maximum atomic E-state index is 5.14. The van der Waals surface area contributed by atoms with Crippen molar-refractivity contribution in [3.8, 4) is 0 Å². The summed E-state index contributed by atoms with van der Waals surface area (Å²) in [6.45, 7) is 4.02. The van der Waals surface area contributed by atoms with Crippen molar-refractivity contribution >= 4 is 11.3 Å². The third-order valence-corrected chi connectivity index (χ3v) is 4.59. The summed E-state index contributed by atoms with van der Waals surface area (Å²) in [4.78, 5) is 4.54. The van der Waals surface area contributed by atoms with Gasteiger partial charge in [-0.1, -0.05) is 19.8 Å². The number of ether oxygens (including phenoxy) is 1. The first-order valence-electron chi connectivity index (χ1n) is 6.41. The van der Waals surface area contributed by atoms with Gasteiger partial charge in [-0.2, -0.15) is 0 Å². The molecule has 0 amide bonds. The molecule has 4 heteroatoms. The van der Waals surface area contributed by atoms with E-state index in [0.717, 1.165) is 19.1 Å². The number of rotatable bonds is 5. The molecular formula is C13H22N2OS. The lowest BCUT2D eigenvalue weighted by Crippen LogP contribution is -2.46. The highest BCUT2D eigenvalue weighted by molar-refractivity contribution is 7.09. The summed E-state index contributed by atoms with van der Waals surface area (Å²) in [5.74, 6) is 0.780. The average Bonchev–Trinajstić information content (AvgIpc) is 2.83. The van der Waals surface area contributed by atoms with E-state index in [1.54, 1.807) is 18.4 Å². The van der Waals surface area contributed by atoms with Crippen LogP contribution in [0.4, 0.5) is 0 Å². The minimum absolute atomic E-state index is 0.102. The molecule has 1 fully saturated rings. The van der Waals surface area contributed by atoms with Gasteiger partial charge in [0.25, 0.3) is 0 Å². The fourth-order valence-corrected chi connectivity index (χ4v) is 3.69. The van der Waals surface area contributed by atoms with Crippen LogP contribution >= 0.6 is 11.3 Å². The molecule has 2 atom stereocenters. The first-order valence-corrected chi connectivity index (χ1v) is 7.29. The minimum atomic E-state index is 0.102. The Bertz CT molecular complexity index is 328. The zero-order valence-electron chi connectivity index (χ0n) is 10.7. The van der Waals surface area contributed by atoms with Crippen LogP contribution in [0.2, 0.25) is 0 Å². The highest BCUT2D eigenvalue weighted by atomic mass is 32.1. The van der Waals surface area contributed by atoms with Crippen LogP contribution in [0, 0.1) is 5.92 Å². The number of thiazole rings is 1. The molecule has 0 spiro atoms. The molecule has 1 aromatic rings. The Morgan fingerprint density at radius 1 is 1.65 bits per heavy atom. The number of methoxy groups -OCH3 is 1. The van der Waals surface area contributed by atoms with Crippen molar-refractivity contribution in [3.63, 3.8) is 0 Å². The summed E-state index contributed by atoms with van der Waals surface area (Å²) in [5, 5.41) is 7.02. The highest BCUT2D eigenvalue weighted by Gasteiger charge is 2.37. The Balaban J connectivity index is 2.10. The SMILES string of the molecule is COCCNC1(c2nccs2)CCCC(C)C1. The van der Waals surface area contributed by atoms with E-state index in [-0.39, 0.29) is 5.54 Å². The summed E-state index contributed by atoms with van der Waals surface area (Å²) in [5.41, 5.74) is 0.102. The molecular weight excluding hydrogens is 232 g/mol. The van der Waals surface area contributed by atoms with E-state index in [0.29, 0.717) is 0 Å². The predicted molar refractivity (Wildman–Crippen MR) is 71.3 cm³/mol. The van der Waals surface area contributed by atoms with Crippen LogP contribution < -0.4 is 5.32 Å². The lowest BCUT2D eigenvalue weighted by molar-refractivity contribution is 0.149. The lowest BCUT2D eigenvalue weighted by atomic mass is 9.76. The zero-order chi connectivity index (χ0) is 12.1. The molecule has 1 aliphatic carbocycles. The number of aromatic nitrogens is 1. The molecule has 0 bridgehead atoms. The van der Waals surface area contributed by atoms with Gasteiger partial charge in [-0.3, -0.25) is 0 Å². The summed E-state index contributed by atoms with van der Waals surface area (Å²) in [6, 6.07) is 0. The van der Waals surface area contributed by atoms with Crippen molar-refractivity contribution in [2.45, 2.75) is 38.1 Å². The third-order valence-electron chi connectivity index (χ3n) is 3.61. The molecule has 1 N–H and O–H groups in total. The summed E-state index contributed by atoms with van der Waals surface area (Å²) in [6.07, 6.45) is 6.96. The smallest absolute Gasteiger partial charge is 0.113 e. The van der Waals surface area contributed by atoms with Gasteiger partial charge in [0.1, 0.15) is 5.01 Å².